The molecule has 1 saturated heterocycles. The van der Waals surface area contributed by atoms with E-state index in [2.05, 4.69) is 39.9 Å². The van der Waals surface area contributed by atoms with Crippen molar-refractivity contribution >= 4 is 22.8 Å². The summed E-state index contributed by atoms with van der Waals surface area (Å²) in [4.78, 5) is 32.2. The van der Waals surface area contributed by atoms with Gasteiger partial charge in [0.2, 0.25) is 5.91 Å². The van der Waals surface area contributed by atoms with Gasteiger partial charge in [-0.2, -0.15) is 5.10 Å². The van der Waals surface area contributed by atoms with E-state index in [4.69, 9.17) is 10.1 Å². The molecule has 1 aliphatic heterocycles. The minimum absolute atomic E-state index is 0.00342. The van der Waals surface area contributed by atoms with E-state index in [1.165, 1.54) is 0 Å². The van der Waals surface area contributed by atoms with Crippen LogP contribution in [-0.4, -0.2) is 50.6 Å². The number of aromatic nitrogens is 3. The molecule has 7 heteroatoms. The zero-order chi connectivity index (χ0) is 22.2. The second kappa shape index (κ2) is 8.36. The lowest BCUT2D eigenvalue weighted by Crippen LogP contribution is -2.49. The van der Waals surface area contributed by atoms with Crippen LogP contribution in [0.25, 0.3) is 11.0 Å². The molecule has 164 valence electrons. The number of nitrogens with one attached hydrogen (secondary N) is 1. The quantitative estimate of drug-likeness (QED) is 0.828. The van der Waals surface area contributed by atoms with Crippen LogP contribution in [0.1, 0.15) is 88.5 Å². The summed E-state index contributed by atoms with van der Waals surface area (Å²) < 4.78 is 1.93. The van der Waals surface area contributed by atoms with Crippen molar-refractivity contribution in [2.75, 3.05) is 13.1 Å². The molecule has 2 aromatic rings. The smallest absolute Gasteiger partial charge is 0.254 e. The van der Waals surface area contributed by atoms with E-state index >= 15 is 0 Å². The van der Waals surface area contributed by atoms with Crippen molar-refractivity contribution in [1.29, 1.82) is 0 Å². The zero-order valence-corrected chi connectivity index (χ0v) is 19.4. The summed E-state index contributed by atoms with van der Waals surface area (Å²) in [6.45, 7) is 15.5. The van der Waals surface area contributed by atoms with Gasteiger partial charge in [-0.15, -0.1) is 0 Å². The number of nitrogens with zero attached hydrogens (tertiary/aromatic N) is 4. The SMILES string of the molecule is CCC(=O)NC1CCCN(C(=O)c2cc(C(C)C)nc3c2c(C)nn3C(C)(C)C)C1. The second-order valence-electron chi connectivity index (χ2n) is 9.63. The molecule has 0 aromatic carbocycles. The molecule has 2 aromatic heterocycles. The first-order chi connectivity index (χ1) is 14.0. The van der Waals surface area contributed by atoms with Crippen LogP contribution in [0.15, 0.2) is 6.07 Å². The van der Waals surface area contributed by atoms with E-state index in [9.17, 15) is 9.59 Å². The van der Waals surface area contributed by atoms with Gasteiger partial charge in [0, 0.05) is 31.2 Å². The van der Waals surface area contributed by atoms with Crippen LogP contribution in [0.4, 0.5) is 0 Å². The van der Waals surface area contributed by atoms with E-state index < -0.39 is 0 Å². The number of carbonyl (C=O) groups excluding carboxylic acids is 2. The van der Waals surface area contributed by atoms with Crippen molar-refractivity contribution in [2.24, 2.45) is 0 Å². The molecule has 3 rings (SSSR count). The highest BCUT2D eigenvalue weighted by Gasteiger charge is 2.30. The molecular weight excluding hydrogens is 378 g/mol. The van der Waals surface area contributed by atoms with Crippen molar-refractivity contribution in [2.45, 2.75) is 85.2 Å². The summed E-state index contributed by atoms with van der Waals surface area (Å²) in [6, 6.07) is 1.95. The Labute approximate surface area is 179 Å². The number of aryl methyl sites for hydroxylation is 1. The number of amides is 2. The van der Waals surface area contributed by atoms with E-state index in [0.29, 0.717) is 25.1 Å². The maximum Gasteiger partial charge on any atom is 0.254 e. The number of carbonyl (C=O) groups is 2. The number of likely N-dealkylation sites (tertiary alicyclic amines) is 1. The number of rotatable bonds is 4. The van der Waals surface area contributed by atoms with Gasteiger partial charge in [-0.1, -0.05) is 20.8 Å². The summed E-state index contributed by atoms with van der Waals surface area (Å²) in [5.74, 6) is 0.226. The highest BCUT2D eigenvalue weighted by Crippen LogP contribution is 2.30. The van der Waals surface area contributed by atoms with Crippen LogP contribution < -0.4 is 5.32 Å². The van der Waals surface area contributed by atoms with E-state index in [-0.39, 0.29) is 29.3 Å². The van der Waals surface area contributed by atoms with Crippen LogP contribution in [-0.2, 0) is 10.3 Å². The van der Waals surface area contributed by atoms with Crippen molar-refractivity contribution in [3.8, 4) is 0 Å². The first kappa shape index (κ1) is 22.2. The fraction of sp³-hybridized carbons (Fsp3) is 0.652. The first-order valence-electron chi connectivity index (χ1n) is 11.0. The Hall–Kier alpha value is -2.44. The van der Waals surface area contributed by atoms with Crippen LogP contribution in [0, 0.1) is 6.92 Å². The number of hydrogen-bond donors (Lipinski definition) is 1. The lowest BCUT2D eigenvalue weighted by molar-refractivity contribution is -0.121. The third-order valence-electron chi connectivity index (χ3n) is 5.68. The number of pyridine rings is 1. The molecule has 1 fully saturated rings. The monoisotopic (exact) mass is 413 g/mol. The van der Waals surface area contributed by atoms with Crippen molar-refractivity contribution in [3.63, 3.8) is 0 Å². The molecule has 0 bridgehead atoms. The van der Waals surface area contributed by atoms with Crippen LogP contribution in [0.2, 0.25) is 0 Å². The molecule has 0 radical (unpaired) electrons. The molecule has 3 heterocycles. The molecule has 1 aliphatic rings. The molecule has 1 N–H and O–H groups in total. The summed E-state index contributed by atoms with van der Waals surface area (Å²) in [5, 5.41) is 8.62. The molecular formula is C23H35N5O2. The molecule has 30 heavy (non-hydrogen) atoms. The fourth-order valence-corrected chi connectivity index (χ4v) is 4.02. The molecule has 1 atom stereocenters. The topological polar surface area (TPSA) is 80.1 Å². The summed E-state index contributed by atoms with van der Waals surface area (Å²) >= 11 is 0. The Kier molecular flexibility index (Phi) is 6.20. The fourth-order valence-electron chi connectivity index (χ4n) is 4.02. The molecule has 0 aliphatic carbocycles. The van der Waals surface area contributed by atoms with Crippen LogP contribution in [0.3, 0.4) is 0 Å². The van der Waals surface area contributed by atoms with Gasteiger partial charge < -0.3 is 10.2 Å². The van der Waals surface area contributed by atoms with Crippen molar-refractivity contribution < 1.29 is 9.59 Å². The minimum atomic E-state index is -0.240. The molecule has 0 saturated carbocycles. The maximum absolute atomic E-state index is 13.6. The van der Waals surface area contributed by atoms with Gasteiger partial charge in [-0.3, -0.25) is 9.59 Å². The second-order valence-corrected chi connectivity index (χ2v) is 9.63. The Morgan fingerprint density at radius 3 is 2.60 bits per heavy atom. The third-order valence-corrected chi connectivity index (χ3v) is 5.68. The number of hydrogen-bond acceptors (Lipinski definition) is 4. The summed E-state index contributed by atoms with van der Waals surface area (Å²) in [6.07, 6.45) is 2.24. The lowest BCUT2D eigenvalue weighted by atomic mass is 10.0. The van der Waals surface area contributed by atoms with Gasteiger partial charge in [-0.05, 0) is 52.5 Å². The maximum atomic E-state index is 13.6. The van der Waals surface area contributed by atoms with Gasteiger partial charge in [0.15, 0.2) is 5.65 Å². The van der Waals surface area contributed by atoms with Crippen LogP contribution >= 0.6 is 0 Å². The molecule has 1 unspecified atom stereocenters. The first-order valence-corrected chi connectivity index (χ1v) is 11.0. The number of piperidine rings is 1. The lowest BCUT2D eigenvalue weighted by Gasteiger charge is -2.33. The summed E-state index contributed by atoms with van der Waals surface area (Å²) in [5.41, 5.74) is 2.90. The van der Waals surface area contributed by atoms with Gasteiger partial charge in [0.25, 0.3) is 5.91 Å². The van der Waals surface area contributed by atoms with Gasteiger partial charge >= 0.3 is 0 Å². The highest BCUT2D eigenvalue weighted by atomic mass is 16.2. The molecule has 0 spiro atoms. The minimum Gasteiger partial charge on any atom is -0.352 e. The van der Waals surface area contributed by atoms with Crippen molar-refractivity contribution in [3.05, 3.63) is 23.0 Å². The third kappa shape index (κ3) is 4.35. The predicted octanol–water partition coefficient (Wildman–Crippen LogP) is 3.75. The standard InChI is InChI=1S/C23H35N5O2/c1-8-19(29)24-16-10-9-11-27(13-16)22(30)17-12-18(14(2)3)25-21-20(17)15(4)26-28(21)23(5,6)7/h12,14,16H,8-11,13H2,1-7H3,(H,24,29). The highest BCUT2D eigenvalue weighted by molar-refractivity contribution is 6.06. The van der Waals surface area contributed by atoms with E-state index in [1.54, 1.807) is 0 Å². The molecule has 7 nitrogen and oxygen atoms in total. The number of fused-ring (bicyclic) bond motifs is 1. The average Bonchev–Trinajstić information content (AvgIpc) is 3.04. The van der Waals surface area contributed by atoms with E-state index in [1.807, 2.05) is 29.5 Å². The van der Waals surface area contributed by atoms with Gasteiger partial charge in [0.05, 0.1) is 22.2 Å². The summed E-state index contributed by atoms with van der Waals surface area (Å²) in [7, 11) is 0. The zero-order valence-electron chi connectivity index (χ0n) is 19.4. The normalized spacial score (nSPS) is 17.6. The van der Waals surface area contributed by atoms with Gasteiger partial charge in [-0.25, -0.2) is 9.67 Å². The predicted molar refractivity (Wildman–Crippen MR) is 119 cm³/mol. The Balaban J connectivity index is 2.05. The largest absolute Gasteiger partial charge is 0.352 e. The van der Waals surface area contributed by atoms with Gasteiger partial charge in [0.1, 0.15) is 0 Å². The molecule has 2 amide bonds. The Morgan fingerprint density at radius 2 is 2.00 bits per heavy atom. The Bertz CT molecular complexity index is 955. The Morgan fingerprint density at radius 1 is 1.30 bits per heavy atom. The van der Waals surface area contributed by atoms with Crippen LogP contribution in [0.5, 0.6) is 0 Å². The van der Waals surface area contributed by atoms with Crippen molar-refractivity contribution in [1.82, 2.24) is 25.0 Å². The average molecular weight is 414 g/mol. The van der Waals surface area contributed by atoms with E-state index in [0.717, 1.165) is 35.3 Å².